The van der Waals surface area contributed by atoms with Gasteiger partial charge < -0.3 is 4.57 Å². The first-order chi connectivity index (χ1) is 11.1. The first kappa shape index (κ1) is 15.6. The lowest BCUT2D eigenvalue weighted by atomic mass is 9.94. The molecule has 0 aliphatic heterocycles. The summed E-state index contributed by atoms with van der Waals surface area (Å²) in [7, 11) is 0. The highest BCUT2D eigenvalue weighted by Gasteiger charge is 2.21. The molecule has 118 valence electrons. The van der Waals surface area contributed by atoms with Crippen molar-refractivity contribution < 1.29 is 0 Å². The largest absolute Gasteiger partial charge is 0.304 e. The molecule has 0 N–H and O–H groups in total. The lowest BCUT2D eigenvalue weighted by Gasteiger charge is -2.27. The third kappa shape index (κ3) is 2.94. The molecule has 3 rings (SSSR count). The maximum atomic E-state index is 12.8. The lowest BCUT2D eigenvalue weighted by molar-refractivity contribution is 0.349. The molecule has 1 aliphatic rings. The summed E-state index contributed by atoms with van der Waals surface area (Å²) in [6, 6.07) is 12.1. The first-order valence-corrected chi connectivity index (χ1v) is 8.35. The van der Waals surface area contributed by atoms with Crippen molar-refractivity contribution in [2.45, 2.75) is 52.0 Å². The second kappa shape index (κ2) is 6.42. The maximum absolute atomic E-state index is 12.8. The number of aromatic nitrogens is 1. The molecule has 0 bridgehead atoms. The number of benzene rings is 1. The van der Waals surface area contributed by atoms with E-state index in [-0.39, 0.29) is 17.2 Å². The van der Waals surface area contributed by atoms with Crippen LogP contribution in [0.1, 0.15) is 54.8 Å². The summed E-state index contributed by atoms with van der Waals surface area (Å²) >= 11 is 0. The minimum absolute atomic E-state index is 0.143. The minimum Gasteiger partial charge on any atom is -0.304 e. The molecule has 2 aromatic rings. The Hall–Kier alpha value is -2.34. The molecule has 1 aliphatic carbocycles. The highest BCUT2D eigenvalue weighted by atomic mass is 16.1. The number of nitrogens with zero attached hydrogens (tertiary/aromatic N) is 2. The second-order valence-corrected chi connectivity index (χ2v) is 6.51. The van der Waals surface area contributed by atoms with Crippen molar-refractivity contribution in [3.8, 4) is 17.3 Å². The van der Waals surface area contributed by atoms with Crippen LogP contribution in [0.2, 0.25) is 0 Å². The second-order valence-electron chi connectivity index (χ2n) is 6.51. The van der Waals surface area contributed by atoms with Crippen LogP contribution in [0.5, 0.6) is 0 Å². The van der Waals surface area contributed by atoms with Crippen molar-refractivity contribution in [1.29, 1.82) is 5.26 Å². The van der Waals surface area contributed by atoms with Gasteiger partial charge in [0.05, 0.1) is 5.69 Å². The molecule has 0 amide bonds. The molecule has 3 heteroatoms. The van der Waals surface area contributed by atoms with E-state index in [1.165, 1.54) is 17.5 Å². The van der Waals surface area contributed by atoms with Gasteiger partial charge in [-0.3, -0.25) is 4.79 Å². The van der Waals surface area contributed by atoms with Crippen LogP contribution in [0.25, 0.3) is 11.3 Å². The zero-order chi connectivity index (χ0) is 16.4. The molecule has 1 saturated carbocycles. The zero-order valence-corrected chi connectivity index (χ0v) is 13.8. The average molecular weight is 306 g/mol. The average Bonchev–Trinajstić information content (AvgIpc) is 2.58. The summed E-state index contributed by atoms with van der Waals surface area (Å²) in [6.45, 7) is 4.18. The van der Waals surface area contributed by atoms with Crippen LogP contribution >= 0.6 is 0 Å². The summed E-state index contributed by atoms with van der Waals surface area (Å²) in [4.78, 5) is 12.8. The molecule has 1 aromatic heterocycles. The van der Waals surface area contributed by atoms with E-state index < -0.39 is 0 Å². The van der Waals surface area contributed by atoms with Gasteiger partial charge in [-0.25, -0.2) is 0 Å². The molecule has 0 atom stereocenters. The molecule has 0 spiro atoms. The smallest absolute Gasteiger partial charge is 0.269 e. The molecular formula is C20H22N2O. The minimum atomic E-state index is -0.143. The van der Waals surface area contributed by atoms with Gasteiger partial charge in [0.1, 0.15) is 11.6 Å². The predicted octanol–water partition coefficient (Wildman–Crippen LogP) is 4.51. The summed E-state index contributed by atoms with van der Waals surface area (Å²) < 4.78 is 1.88. The van der Waals surface area contributed by atoms with Gasteiger partial charge in [0.15, 0.2) is 0 Å². The van der Waals surface area contributed by atoms with Crippen LogP contribution in [0.4, 0.5) is 0 Å². The Balaban J connectivity index is 2.19. The van der Waals surface area contributed by atoms with Gasteiger partial charge in [-0.15, -0.1) is 0 Å². The monoisotopic (exact) mass is 306 g/mol. The zero-order valence-electron chi connectivity index (χ0n) is 13.8. The van der Waals surface area contributed by atoms with Crippen molar-refractivity contribution in [1.82, 2.24) is 4.57 Å². The summed E-state index contributed by atoms with van der Waals surface area (Å²) in [5.74, 6) is 0. The fourth-order valence-electron chi connectivity index (χ4n) is 3.48. The molecule has 1 fully saturated rings. The van der Waals surface area contributed by atoms with Crippen LogP contribution in [-0.4, -0.2) is 4.57 Å². The third-order valence-electron chi connectivity index (χ3n) is 4.98. The SMILES string of the molecule is Cc1ccc(-c2ccc(C#N)c(=O)n2C2CCCCC2)cc1C. The number of pyridine rings is 1. The van der Waals surface area contributed by atoms with Crippen molar-refractivity contribution in [2.24, 2.45) is 0 Å². The molecule has 23 heavy (non-hydrogen) atoms. The normalized spacial score (nSPS) is 15.3. The Kier molecular flexibility index (Phi) is 4.34. The molecule has 1 heterocycles. The number of rotatable bonds is 2. The van der Waals surface area contributed by atoms with E-state index >= 15 is 0 Å². The van der Waals surface area contributed by atoms with E-state index in [1.54, 1.807) is 6.07 Å². The predicted molar refractivity (Wildman–Crippen MR) is 92.4 cm³/mol. The van der Waals surface area contributed by atoms with Gasteiger partial charge in [-0.1, -0.05) is 31.4 Å². The van der Waals surface area contributed by atoms with Gasteiger partial charge in [0.2, 0.25) is 0 Å². The van der Waals surface area contributed by atoms with Crippen molar-refractivity contribution in [3.63, 3.8) is 0 Å². The molecule has 0 saturated heterocycles. The van der Waals surface area contributed by atoms with Crippen LogP contribution in [0.15, 0.2) is 35.1 Å². The van der Waals surface area contributed by atoms with Gasteiger partial charge in [-0.05, 0) is 61.6 Å². The van der Waals surface area contributed by atoms with E-state index in [0.29, 0.717) is 0 Å². The maximum Gasteiger partial charge on any atom is 0.269 e. The molecule has 3 nitrogen and oxygen atoms in total. The Labute approximate surface area is 137 Å². The van der Waals surface area contributed by atoms with Crippen molar-refractivity contribution >= 4 is 0 Å². The Morgan fingerprint density at radius 3 is 2.43 bits per heavy atom. The van der Waals surface area contributed by atoms with Gasteiger partial charge in [0, 0.05) is 6.04 Å². The van der Waals surface area contributed by atoms with Crippen LogP contribution < -0.4 is 5.56 Å². The van der Waals surface area contributed by atoms with Gasteiger partial charge in [0.25, 0.3) is 5.56 Å². The topological polar surface area (TPSA) is 45.8 Å². The van der Waals surface area contributed by atoms with E-state index in [2.05, 4.69) is 32.0 Å². The number of hydrogen-bond donors (Lipinski definition) is 0. The molecule has 0 unspecified atom stereocenters. The summed E-state index contributed by atoms with van der Waals surface area (Å²) in [6.07, 6.45) is 5.59. The Morgan fingerprint density at radius 2 is 1.78 bits per heavy atom. The number of hydrogen-bond acceptors (Lipinski definition) is 2. The Bertz CT molecular complexity index is 821. The number of nitriles is 1. The van der Waals surface area contributed by atoms with Gasteiger partial charge >= 0.3 is 0 Å². The highest BCUT2D eigenvalue weighted by molar-refractivity contribution is 5.62. The van der Waals surface area contributed by atoms with Crippen LogP contribution in [-0.2, 0) is 0 Å². The number of aryl methyl sites for hydroxylation is 2. The van der Waals surface area contributed by atoms with Crippen LogP contribution in [0.3, 0.4) is 0 Å². The molecular weight excluding hydrogens is 284 g/mol. The molecule has 1 aromatic carbocycles. The third-order valence-corrected chi connectivity index (χ3v) is 4.98. The van der Waals surface area contributed by atoms with E-state index in [9.17, 15) is 10.1 Å². The van der Waals surface area contributed by atoms with Crippen molar-refractivity contribution in [2.75, 3.05) is 0 Å². The lowest BCUT2D eigenvalue weighted by Crippen LogP contribution is -2.29. The quantitative estimate of drug-likeness (QED) is 0.819. The fraction of sp³-hybridized carbons (Fsp3) is 0.400. The van der Waals surface area contributed by atoms with E-state index in [4.69, 9.17) is 0 Å². The first-order valence-electron chi connectivity index (χ1n) is 8.35. The van der Waals surface area contributed by atoms with Crippen LogP contribution in [0, 0.1) is 25.2 Å². The van der Waals surface area contributed by atoms with E-state index in [1.807, 2.05) is 16.7 Å². The summed E-state index contributed by atoms with van der Waals surface area (Å²) in [5, 5.41) is 9.22. The van der Waals surface area contributed by atoms with E-state index in [0.717, 1.165) is 36.9 Å². The van der Waals surface area contributed by atoms with Crippen molar-refractivity contribution in [3.05, 3.63) is 57.4 Å². The highest BCUT2D eigenvalue weighted by Crippen LogP contribution is 2.31. The Morgan fingerprint density at radius 1 is 1.04 bits per heavy atom. The standard InChI is InChI=1S/C20H22N2O/c1-14-8-9-16(12-15(14)2)19-11-10-17(13-21)20(23)22(19)18-6-4-3-5-7-18/h8-12,18H,3-7H2,1-2H3. The van der Waals surface area contributed by atoms with Gasteiger partial charge in [-0.2, -0.15) is 5.26 Å². The summed E-state index contributed by atoms with van der Waals surface area (Å²) in [5.41, 5.74) is 4.55. The fourth-order valence-corrected chi connectivity index (χ4v) is 3.48. The molecule has 0 radical (unpaired) electrons.